The molecule has 0 aliphatic carbocycles. The zero-order valence-electron chi connectivity index (χ0n) is 23.6. The first kappa shape index (κ1) is 29.3. The van der Waals surface area contributed by atoms with E-state index < -0.39 is 11.7 Å². The van der Waals surface area contributed by atoms with Crippen LogP contribution in [0.25, 0.3) is 11.3 Å². The van der Waals surface area contributed by atoms with Crippen LogP contribution in [0.4, 0.5) is 36.2 Å². The van der Waals surface area contributed by atoms with Gasteiger partial charge < -0.3 is 15.5 Å². The van der Waals surface area contributed by atoms with Crippen molar-refractivity contribution in [3.05, 3.63) is 108 Å². The molecule has 2 aromatic carbocycles. The summed E-state index contributed by atoms with van der Waals surface area (Å²) in [5.41, 5.74) is 6.08. The van der Waals surface area contributed by atoms with E-state index in [1.807, 2.05) is 58.2 Å². The Kier molecular flexibility index (Phi) is 8.76. The molecule has 1 aliphatic rings. The average molecular weight is 559 g/mol. The fourth-order valence-corrected chi connectivity index (χ4v) is 4.23. The van der Waals surface area contributed by atoms with E-state index in [0.717, 1.165) is 58.9 Å². The normalized spacial score (nSPS) is 12.8. The molecule has 3 aromatic rings. The highest BCUT2D eigenvalue weighted by Gasteiger charge is 2.32. The van der Waals surface area contributed by atoms with Crippen LogP contribution in [0, 0.1) is 6.92 Å². The molecular weight excluding hydrogens is 525 g/mol. The Hall–Kier alpha value is -4.66. The minimum atomic E-state index is -4.53. The van der Waals surface area contributed by atoms with Gasteiger partial charge in [-0.2, -0.15) is 13.2 Å². The fraction of sp³-hybridized carbons (Fsp3) is 0.219. The van der Waals surface area contributed by atoms with Crippen molar-refractivity contribution in [2.24, 2.45) is 4.99 Å². The Morgan fingerprint density at radius 2 is 1.85 bits per heavy atom. The highest BCUT2D eigenvalue weighted by atomic mass is 19.4. The molecule has 0 spiro atoms. The predicted molar refractivity (Wildman–Crippen MR) is 163 cm³/mol. The summed E-state index contributed by atoms with van der Waals surface area (Å²) in [5, 5.41) is 6.33. The van der Waals surface area contributed by atoms with E-state index in [0.29, 0.717) is 22.9 Å². The summed E-state index contributed by atoms with van der Waals surface area (Å²) >= 11 is 0. The van der Waals surface area contributed by atoms with Gasteiger partial charge >= 0.3 is 6.18 Å². The van der Waals surface area contributed by atoms with Crippen LogP contribution in [-0.2, 0) is 6.18 Å². The van der Waals surface area contributed by atoms with Gasteiger partial charge in [0.05, 0.1) is 11.3 Å². The number of hydrogen-bond donors (Lipinski definition) is 2. The number of anilines is 4. The van der Waals surface area contributed by atoms with Gasteiger partial charge in [0, 0.05) is 59.2 Å². The molecule has 6 nitrogen and oxygen atoms in total. The van der Waals surface area contributed by atoms with Gasteiger partial charge in [0.2, 0.25) is 5.95 Å². The minimum Gasteiger partial charge on any atom is -0.355 e. The lowest BCUT2D eigenvalue weighted by Crippen LogP contribution is -2.16. The van der Waals surface area contributed by atoms with Crippen LogP contribution in [-0.4, -0.2) is 22.7 Å². The zero-order valence-corrected chi connectivity index (χ0v) is 23.6. The number of aliphatic imine (C=N–C) groups is 1. The van der Waals surface area contributed by atoms with Gasteiger partial charge in [-0.15, -0.1) is 0 Å². The van der Waals surface area contributed by atoms with Gasteiger partial charge in [-0.25, -0.2) is 9.97 Å². The fourth-order valence-electron chi connectivity index (χ4n) is 4.23. The molecule has 2 heterocycles. The van der Waals surface area contributed by atoms with E-state index in [4.69, 9.17) is 0 Å². The molecule has 4 rings (SSSR count). The zero-order chi connectivity index (χ0) is 29.7. The van der Waals surface area contributed by atoms with Gasteiger partial charge in [-0.1, -0.05) is 36.9 Å². The first-order valence-corrected chi connectivity index (χ1v) is 13.1. The number of nitrogens with one attached hydrogen (secondary N) is 2. The van der Waals surface area contributed by atoms with Gasteiger partial charge in [-0.05, 0) is 75.6 Å². The molecule has 0 fully saturated rings. The molecule has 9 heteroatoms. The maximum atomic E-state index is 13.8. The molecule has 0 atom stereocenters. The highest BCUT2D eigenvalue weighted by Crippen LogP contribution is 2.37. The lowest BCUT2D eigenvalue weighted by Gasteiger charge is -2.25. The first-order valence-electron chi connectivity index (χ1n) is 13.1. The first-order chi connectivity index (χ1) is 19.5. The van der Waals surface area contributed by atoms with Crippen molar-refractivity contribution >= 4 is 40.5 Å². The van der Waals surface area contributed by atoms with Gasteiger partial charge in [-0.3, -0.25) is 4.99 Å². The summed E-state index contributed by atoms with van der Waals surface area (Å²) in [7, 11) is 0. The number of hydrogen-bond acceptors (Lipinski definition) is 6. The third kappa shape index (κ3) is 7.11. The quantitative estimate of drug-likeness (QED) is 0.275. The van der Waals surface area contributed by atoms with Crippen LogP contribution < -0.4 is 15.5 Å². The molecule has 0 saturated carbocycles. The summed E-state index contributed by atoms with van der Waals surface area (Å²) in [6, 6.07) is 11.3. The van der Waals surface area contributed by atoms with E-state index in [9.17, 15) is 13.2 Å². The van der Waals surface area contributed by atoms with Crippen molar-refractivity contribution in [2.75, 3.05) is 22.1 Å². The molecule has 0 amide bonds. The third-order valence-corrected chi connectivity index (χ3v) is 6.72. The number of allylic oxidation sites excluding steroid dienone is 3. The van der Waals surface area contributed by atoms with E-state index in [2.05, 4.69) is 44.8 Å². The Labute approximate surface area is 238 Å². The van der Waals surface area contributed by atoms with Crippen LogP contribution in [0.3, 0.4) is 0 Å². The van der Waals surface area contributed by atoms with Crippen molar-refractivity contribution in [1.82, 2.24) is 9.97 Å². The molecule has 0 saturated heterocycles. The van der Waals surface area contributed by atoms with Crippen LogP contribution in [0.1, 0.15) is 49.6 Å². The number of halogens is 3. The Morgan fingerprint density at radius 1 is 1.07 bits per heavy atom. The van der Waals surface area contributed by atoms with E-state index in [-0.39, 0.29) is 5.69 Å². The van der Waals surface area contributed by atoms with Crippen LogP contribution in [0.2, 0.25) is 0 Å². The van der Waals surface area contributed by atoms with E-state index in [1.165, 1.54) is 6.20 Å². The minimum absolute atomic E-state index is 0.252. The summed E-state index contributed by atoms with van der Waals surface area (Å²) in [5.74, 6) is 0.419. The lowest BCUT2D eigenvalue weighted by atomic mass is 10.1. The smallest absolute Gasteiger partial charge is 0.355 e. The van der Waals surface area contributed by atoms with E-state index >= 15 is 0 Å². The van der Waals surface area contributed by atoms with E-state index in [1.54, 1.807) is 17.2 Å². The number of dihydropyridines is 1. The molecule has 212 valence electrons. The number of alkyl halides is 3. The second-order valence-electron chi connectivity index (χ2n) is 9.91. The largest absolute Gasteiger partial charge is 0.416 e. The molecular formula is C32H33F3N6. The molecule has 41 heavy (non-hydrogen) atoms. The van der Waals surface area contributed by atoms with Gasteiger partial charge in [0.1, 0.15) is 0 Å². The van der Waals surface area contributed by atoms with Gasteiger partial charge in [0.15, 0.2) is 0 Å². The summed E-state index contributed by atoms with van der Waals surface area (Å²) in [6.07, 6.45) is 3.42. The average Bonchev–Trinajstić information content (AvgIpc) is 2.94. The second kappa shape index (κ2) is 12.2. The summed E-state index contributed by atoms with van der Waals surface area (Å²) < 4.78 is 41.5. The lowest BCUT2D eigenvalue weighted by molar-refractivity contribution is -0.137. The topological polar surface area (TPSA) is 65.4 Å². The Balaban J connectivity index is 1.62. The standard InChI is InChI=1S/C32H33F3N6/c1-7-41(23(6)20(2)3)28-17-26(32(33,34)35)16-27(18-28)38-22(5)24-11-10-21(4)30(15-24)40-31-37-14-12-29(39-31)25-9-8-13-36-19-25/h7,9-12,14-19,38H,1,5,8,13H2,2-4,6H3,(H,37,39,40). The summed E-state index contributed by atoms with van der Waals surface area (Å²) in [4.78, 5) is 14.9. The molecule has 0 bridgehead atoms. The predicted octanol–water partition coefficient (Wildman–Crippen LogP) is 8.75. The highest BCUT2D eigenvalue weighted by molar-refractivity contribution is 6.09. The SMILES string of the molecule is C=CN(C(C)=C(C)C)c1cc(NC(=C)c2ccc(C)c(Nc3nccc(C4=CCCN=C4)n3)c2)cc(C(F)(F)F)c1. The van der Waals surface area contributed by atoms with Crippen LogP contribution in [0.5, 0.6) is 0 Å². The third-order valence-electron chi connectivity index (χ3n) is 6.72. The second-order valence-corrected chi connectivity index (χ2v) is 9.91. The van der Waals surface area contributed by atoms with Crippen LogP contribution in [0.15, 0.2) is 90.4 Å². The van der Waals surface area contributed by atoms with Crippen molar-refractivity contribution in [2.45, 2.75) is 40.3 Å². The number of nitrogens with zero attached hydrogens (tertiary/aromatic N) is 4. The monoisotopic (exact) mass is 558 g/mol. The number of benzene rings is 2. The number of aromatic nitrogens is 2. The number of rotatable bonds is 9. The molecule has 0 unspecified atom stereocenters. The van der Waals surface area contributed by atoms with Crippen molar-refractivity contribution < 1.29 is 13.2 Å². The van der Waals surface area contributed by atoms with Crippen LogP contribution >= 0.6 is 0 Å². The van der Waals surface area contributed by atoms with Gasteiger partial charge in [0.25, 0.3) is 0 Å². The molecule has 0 radical (unpaired) electrons. The number of aryl methyl sites for hydroxylation is 1. The maximum absolute atomic E-state index is 13.8. The Bertz CT molecular complexity index is 1560. The Morgan fingerprint density at radius 3 is 2.51 bits per heavy atom. The molecule has 1 aromatic heterocycles. The molecule has 2 N–H and O–H groups in total. The van der Waals surface area contributed by atoms with Crippen molar-refractivity contribution in [1.29, 1.82) is 0 Å². The van der Waals surface area contributed by atoms with Crippen molar-refractivity contribution in [3.8, 4) is 0 Å². The van der Waals surface area contributed by atoms with Crippen molar-refractivity contribution in [3.63, 3.8) is 0 Å². The maximum Gasteiger partial charge on any atom is 0.416 e. The molecule has 1 aliphatic heterocycles. The summed E-state index contributed by atoms with van der Waals surface area (Å²) in [6.45, 7) is 16.2.